The fourth-order valence-electron chi connectivity index (χ4n) is 4.09. The van der Waals surface area contributed by atoms with Crippen LogP contribution in [0.3, 0.4) is 0 Å². The fourth-order valence-corrected chi connectivity index (χ4v) is 4.09. The molecule has 2 atom stereocenters. The van der Waals surface area contributed by atoms with Gasteiger partial charge in [0.15, 0.2) is 0 Å². The molecule has 0 aliphatic carbocycles. The van der Waals surface area contributed by atoms with E-state index in [4.69, 9.17) is 4.74 Å². The second-order valence-electron chi connectivity index (χ2n) is 8.73. The molecule has 0 radical (unpaired) electrons. The minimum absolute atomic E-state index is 0.00332. The van der Waals surface area contributed by atoms with Gasteiger partial charge in [-0.25, -0.2) is 0 Å². The third-order valence-electron chi connectivity index (χ3n) is 5.66. The van der Waals surface area contributed by atoms with Crippen LogP contribution < -0.4 is 4.74 Å². The number of alkyl halides is 1. The Kier molecular flexibility index (Phi) is 5.96. The van der Waals surface area contributed by atoms with Gasteiger partial charge in [0.05, 0.1) is 6.67 Å². The molecule has 2 aliphatic rings. The molecule has 2 aliphatic heterocycles. The standard InChI is InChI=1S/C22H31FN2O3/c1-5-18-14-24(20(26)10-15(2)13-23)8-9-25(18)21(27)16-6-7-19-17(11-16)12-22(3,4)28-19/h6-7,11,15,18H,5,8-10,12-14H2,1-4H3. The van der Waals surface area contributed by atoms with Crippen molar-refractivity contribution in [1.82, 2.24) is 9.80 Å². The third kappa shape index (κ3) is 4.31. The summed E-state index contributed by atoms with van der Waals surface area (Å²) in [7, 11) is 0. The summed E-state index contributed by atoms with van der Waals surface area (Å²) >= 11 is 0. The summed E-state index contributed by atoms with van der Waals surface area (Å²) in [5.74, 6) is 0.576. The molecule has 3 rings (SSSR count). The Balaban J connectivity index is 1.69. The number of carbonyl (C=O) groups is 2. The van der Waals surface area contributed by atoms with E-state index in [2.05, 4.69) is 0 Å². The molecular formula is C22H31FN2O3. The number of benzene rings is 1. The van der Waals surface area contributed by atoms with Gasteiger partial charge in [-0.15, -0.1) is 0 Å². The monoisotopic (exact) mass is 390 g/mol. The second kappa shape index (κ2) is 8.10. The van der Waals surface area contributed by atoms with Gasteiger partial charge < -0.3 is 14.5 Å². The van der Waals surface area contributed by atoms with E-state index in [1.165, 1.54) is 0 Å². The number of fused-ring (bicyclic) bond motifs is 1. The molecule has 6 heteroatoms. The summed E-state index contributed by atoms with van der Waals surface area (Å²) < 4.78 is 18.6. The van der Waals surface area contributed by atoms with Crippen molar-refractivity contribution in [3.63, 3.8) is 0 Å². The molecule has 0 spiro atoms. The van der Waals surface area contributed by atoms with Crippen molar-refractivity contribution >= 4 is 11.8 Å². The highest BCUT2D eigenvalue weighted by molar-refractivity contribution is 5.95. The van der Waals surface area contributed by atoms with Crippen molar-refractivity contribution in [2.45, 2.75) is 58.6 Å². The smallest absolute Gasteiger partial charge is 0.254 e. The summed E-state index contributed by atoms with van der Waals surface area (Å²) in [6, 6.07) is 5.64. The molecule has 2 unspecified atom stereocenters. The number of amides is 2. The SMILES string of the molecule is CCC1CN(C(=O)CC(C)CF)CCN1C(=O)c1ccc2c(c1)CC(C)(C)O2. The van der Waals surface area contributed by atoms with E-state index >= 15 is 0 Å². The van der Waals surface area contributed by atoms with Crippen LogP contribution in [0.25, 0.3) is 0 Å². The summed E-state index contributed by atoms with van der Waals surface area (Å²) in [6.45, 7) is 8.90. The molecule has 154 valence electrons. The first-order valence-electron chi connectivity index (χ1n) is 10.2. The molecule has 1 saturated heterocycles. The number of halogens is 1. The largest absolute Gasteiger partial charge is 0.487 e. The molecule has 0 aromatic heterocycles. The summed E-state index contributed by atoms with van der Waals surface area (Å²) in [4.78, 5) is 29.2. The number of piperazine rings is 1. The first-order chi connectivity index (χ1) is 13.2. The number of ether oxygens (including phenoxy) is 1. The van der Waals surface area contributed by atoms with Crippen molar-refractivity contribution in [3.8, 4) is 5.75 Å². The van der Waals surface area contributed by atoms with Crippen LogP contribution in [0.1, 0.15) is 56.5 Å². The number of hydrogen-bond donors (Lipinski definition) is 0. The van der Waals surface area contributed by atoms with Crippen molar-refractivity contribution in [2.24, 2.45) is 5.92 Å². The number of rotatable bonds is 5. The third-order valence-corrected chi connectivity index (χ3v) is 5.66. The first kappa shape index (κ1) is 20.6. The van der Waals surface area contributed by atoms with E-state index < -0.39 is 6.67 Å². The molecule has 28 heavy (non-hydrogen) atoms. The zero-order valence-electron chi connectivity index (χ0n) is 17.3. The molecule has 0 N–H and O–H groups in total. The van der Waals surface area contributed by atoms with Crippen LogP contribution in [-0.2, 0) is 11.2 Å². The second-order valence-corrected chi connectivity index (χ2v) is 8.73. The lowest BCUT2D eigenvalue weighted by molar-refractivity contribution is -0.134. The van der Waals surface area contributed by atoms with E-state index in [9.17, 15) is 14.0 Å². The van der Waals surface area contributed by atoms with E-state index in [1.807, 2.05) is 43.9 Å². The van der Waals surface area contributed by atoms with Crippen LogP contribution in [0.5, 0.6) is 5.75 Å². The molecule has 1 fully saturated rings. The van der Waals surface area contributed by atoms with Gasteiger partial charge in [0.2, 0.25) is 5.91 Å². The van der Waals surface area contributed by atoms with Gasteiger partial charge in [-0.1, -0.05) is 13.8 Å². The Hall–Kier alpha value is -2.11. The van der Waals surface area contributed by atoms with Gasteiger partial charge >= 0.3 is 0 Å². The molecule has 0 saturated carbocycles. The average Bonchev–Trinajstić information content (AvgIpc) is 2.99. The zero-order valence-corrected chi connectivity index (χ0v) is 17.3. The average molecular weight is 390 g/mol. The van der Waals surface area contributed by atoms with Crippen LogP contribution in [0.4, 0.5) is 4.39 Å². The Morgan fingerprint density at radius 1 is 1.32 bits per heavy atom. The molecule has 1 aromatic carbocycles. The van der Waals surface area contributed by atoms with E-state index in [1.54, 1.807) is 11.8 Å². The predicted octanol–water partition coefficient (Wildman–Crippen LogP) is 3.46. The molecule has 5 nitrogen and oxygen atoms in total. The lowest BCUT2D eigenvalue weighted by Crippen LogP contribution is -2.56. The quantitative estimate of drug-likeness (QED) is 0.774. The molecule has 2 amide bonds. The topological polar surface area (TPSA) is 49.9 Å². The van der Waals surface area contributed by atoms with Gasteiger partial charge in [0.1, 0.15) is 11.4 Å². The number of carbonyl (C=O) groups excluding carboxylic acids is 2. The normalized spacial score (nSPS) is 21.8. The first-order valence-corrected chi connectivity index (χ1v) is 10.2. The highest BCUT2D eigenvalue weighted by Gasteiger charge is 2.34. The molecule has 1 aromatic rings. The maximum atomic E-state index is 13.2. The van der Waals surface area contributed by atoms with Crippen LogP contribution >= 0.6 is 0 Å². The molecular weight excluding hydrogens is 359 g/mol. The van der Waals surface area contributed by atoms with Crippen molar-refractivity contribution in [2.75, 3.05) is 26.3 Å². The van der Waals surface area contributed by atoms with Gasteiger partial charge in [-0.2, -0.15) is 0 Å². The fraction of sp³-hybridized carbons (Fsp3) is 0.636. The van der Waals surface area contributed by atoms with Gasteiger partial charge in [-0.3, -0.25) is 14.0 Å². The van der Waals surface area contributed by atoms with Crippen LogP contribution in [0, 0.1) is 5.92 Å². The summed E-state index contributed by atoms with van der Waals surface area (Å²) in [5.41, 5.74) is 1.50. The summed E-state index contributed by atoms with van der Waals surface area (Å²) in [6.07, 6.45) is 1.78. The lowest BCUT2D eigenvalue weighted by atomic mass is 9.99. The number of nitrogens with zero attached hydrogens (tertiary/aromatic N) is 2. The lowest BCUT2D eigenvalue weighted by Gasteiger charge is -2.41. The summed E-state index contributed by atoms with van der Waals surface area (Å²) in [5, 5.41) is 0. The Morgan fingerprint density at radius 2 is 2.07 bits per heavy atom. The minimum atomic E-state index is -0.486. The minimum Gasteiger partial charge on any atom is -0.487 e. The Labute approximate surface area is 166 Å². The molecule has 2 heterocycles. The van der Waals surface area contributed by atoms with Crippen LogP contribution in [0.15, 0.2) is 18.2 Å². The molecule has 0 bridgehead atoms. The van der Waals surface area contributed by atoms with Gasteiger partial charge in [0, 0.05) is 44.1 Å². The van der Waals surface area contributed by atoms with Crippen LogP contribution in [0.2, 0.25) is 0 Å². The Bertz CT molecular complexity index is 749. The predicted molar refractivity (Wildman–Crippen MR) is 106 cm³/mol. The highest BCUT2D eigenvalue weighted by atomic mass is 19.1. The Morgan fingerprint density at radius 3 is 2.75 bits per heavy atom. The number of hydrogen-bond acceptors (Lipinski definition) is 3. The van der Waals surface area contributed by atoms with E-state index in [-0.39, 0.29) is 35.8 Å². The zero-order chi connectivity index (χ0) is 20.5. The highest BCUT2D eigenvalue weighted by Crippen LogP contribution is 2.35. The maximum absolute atomic E-state index is 13.2. The maximum Gasteiger partial charge on any atom is 0.254 e. The van der Waals surface area contributed by atoms with Crippen LogP contribution in [-0.4, -0.2) is 59.6 Å². The van der Waals surface area contributed by atoms with Crippen molar-refractivity contribution < 1.29 is 18.7 Å². The van der Waals surface area contributed by atoms with Crippen molar-refractivity contribution in [3.05, 3.63) is 29.3 Å². The van der Waals surface area contributed by atoms with E-state index in [0.717, 1.165) is 24.2 Å². The van der Waals surface area contributed by atoms with Gasteiger partial charge in [-0.05, 0) is 49.9 Å². The van der Waals surface area contributed by atoms with Crippen molar-refractivity contribution in [1.29, 1.82) is 0 Å². The van der Waals surface area contributed by atoms with E-state index in [0.29, 0.717) is 25.2 Å². The van der Waals surface area contributed by atoms with Gasteiger partial charge in [0.25, 0.3) is 5.91 Å².